The van der Waals surface area contributed by atoms with Crippen molar-refractivity contribution in [2.24, 2.45) is 0 Å². The molecule has 0 aliphatic rings. The van der Waals surface area contributed by atoms with E-state index in [9.17, 15) is 14.3 Å². The Bertz CT molecular complexity index is 396. The Morgan fingerprint density at radius 3 is 2.75 bits per heavy atom. The van der Waals surface area contributed by atoms with Crippen molar-refractivity contribution in [1.29, 1.82) is 0 Å². The summed E-state index contributed by atoms with van der Waals surface area (Å²) in [5.41, 5.74) is 0.0706. The fraction of sp³-hybridized carbons (Fsp3) is 0.364. The SMILES string of the molecule is CC(Cl)CN(C)C(=O)c1ccc(F)cc1O. The first kappa shape index (κ1) is 12.8. The summed E-state index contributed by atoms with van der Waals surface area (Å²) in [5.74, 6) is -1.33. The molecular weight excluding hydrogens is 233 g/mol. The highest BCUT2D eigenvalue weighted by atomic mass is 35.5. The van der Waals surface area contributed by atoms with Crippen LogP contribution in [0.25, 0.3) is 0 Å². The van der Waals surface area contributed by atoms with E-state index in [0.29, 0.717) is 6.54 Å². The van der Waals surface area contributed by atoms with Gasteiger partial charge in [-0.05, 0) is 19.1 Å². The molecule has 1 unspecified atom stereocenters. The lowest BCUT2D eigenvalue weighted by Crippen LogP contribution is -2.31. The third-order valence-corrected chi connectivity index (χ3v) is 2.20. The van der Waals surface area contributed by atoms with Gasteiger partial charge in [-0.2, -0.15) is 0 Å². The number of carbonyl (C=O) groups is 1. The van der Waals surface area contributed by atoms with Gasteiger partial charge in [-0.15, -0.1) is 11.6 Å². The standard InChI is InChI=1S/C11H13ClFNO2/c1-7(12)6-14(2)11(16)9-4-3-8(13)5-10(9)15/h3-5,7,15H,6H2,1-2H3. The number of hydrogen-bond donors (Lipinski definition) is 1. The number of amides is 1. The average Bonchev–Trinajstić information content (AvgIpc) is 2.15. The molecule has 0 aliphatic carbocycles. The van der Waals surface area contributed by atoms with E-state index in [2.05, 4.69) is 0 Å². The van der Waals surface area contributed by atoms with Crippen LogP contribution in [-0.4, -0.2) is 34.9 Å². The van der Waals surface area contributed by atoms with Gasteiger partial charge in [0.2, 0.25) is 0 Å². The monoisotopic (exact) mass is 245 g/mol. The van der Waals surface area contributed by atoms with Gasteiger partial charge in [-0.3, -0.25) is 4.79 Å². The molecule has 0 radical (unpaired) electrons. The molecule has 88 valence electrons. The number of benzene rings is 1. The number of carbonyl (C=O) groups excluding carboxylic acids is 1. The van der Waals surface area contributed by atoms with E-state index >= 15 is 0 Å². The van der Waals surface area contributed by atoms with E-state index < -0.39 is 5.82 Å². The topological polar surface area (TPSA) is 40.5 Å². The summed E-state index contributed by atoms with van der Waals surface area (Å²) in [6.07, 6.45) is 0. The largest absolute Gasteiger partial charge is 0.507 e. The van der Waals surface area contributed by atoms with Crippen LogP contribution in [0.4, 0.5) is 4.39 Å². The maximum absolute atomic E-state index is 12.7. The maximum atomic E-state index is 12.7. The van der Waals surface area contributed by atoms with Crippen LogP contribution >= 0.6 is 11.6 Å². The summed E-state index contributed by atoms with van der Waals surface area (Å²) < 4.78 is 12.7. The second kappa shape index (κ2) is 5.16. The number of halogens is 2. The zero-order valence-corrected chi connectivity index (χ0v) is 9.83. The molecule has 1 aromatic carbocycles. The van der Waals surface area contributed by atoms with Crippen LogP contribution in [-0.2, 0) is 0 Å². The Morgan fingerprint density at radius 1 is 1.62 bits per heavy atom. The lowest BCUT2D eigenvalue weighted by atomic mass is 10.1. The average molecular weight is 246 g/mol. The minimum Gasteiger partial charge on any atom is -0.507 e. The van der Waals surface area contributed by atoms with Gasteiger partial charge >= 0.3 is 0 Å². The lowest BCUT2D eigenvalue weighted by molar-refractivity contribution is 0.0793. The summed E-state index contributed by atoms with van der Waals surface area (Å²) in [7, 11) is 1.57. The summed E-state index contributed by atoms with van der Waals surface area (Å²) in [5, 5.41) is 9.24. The van der Waals surface area contributed by atoms with Gasteiger partial charge in [0.25, 0.3) is 5.91 Å². The molecule has 3 nitrogen and oxygen atoms in total. The van der Waals surface area contributed by atoms with Crippen molar-refractivity contribution in [3.05, 3.63) is 29.6 Å². The predicted molar refractivity (Wildman–Crippen MR) is 60.3 cm³/mol. The first-order valence-electron chi connectivity index (χ1n) is 4.80. The zero-order chi connectivity index (χ0) is 12.3. The van der Waals surface area contributed by atoms with Gasteiger partial charge in [-0.1, -0.05) is 0 Å². The van der Waals surface area contributed by atoms with Crippen molar-refractivity contribution in [3.8, 4) is 5.75 Å². The first-order chi connectivity index (χ1) is 7.41. The van der Waals surface area contributed by atoms with Gasteiger partial charge in [0.1, 0.15) is 11.6 Å². The van der Waals surface area contributed by atoms with E-state index in [1.54, 1.807) is 14.0 Å². The molecule has 0 fully saturated rings. The maximum Gasteiger partial charge on any atom is 0.257 e. The van der Waals surface area contributed by atoms with Crippen LogP contribution < -0.4 is 0 Å². The molecule has 1 aromatic rings. The van der Waals surface area contributed by atoms with E-state index in [0.717, 1.165) is 12.1 Å². The van der Waals surface area contributed by atoms with Crippen molar-refractivity contribution in [2.45, 2.75) is 12.3 Å². The van der Waals surface area contributed by atoms with Crippen LogP contribution in [0.1, 0.15) is 17.3 Å². The number of aromatic hydroxyl groups is 1. The van der Waals surface area contributed by atoms with Crippen LogP contribution in [0.5, 0.6) is 5.75 Å². The Balaban J connectivity index is 2.88. The molecule has 0 aliphatic heterocycles. The van der Waals surface area contributed by atoms with E-state index in [-0.39, 0.29) is 22.6 Å². The summed E-state index contributed by atoms with van der Waals surface area (Å²) in [4.78, 5) is 13.2. The third kappa shape index (κ3) is 3.10. The second-order valence-corrected chi connectivity index (χ2v) is 4.37. The Labute approximate surface area is 98.4 Å². The molecule has 1 N–H and O–H groups in total. The number of nitrogens with zero attached hydrogens (tertiary/aromatic N) is 1. The molecule has 0 heterocycles. The molecule has 5 heteroatoms. The first-order valence-corrected chi connectivity index (χ1v) is 5.23. The Hall–Kier alpha value is -1.29. The predicted octanol–water partition coefficient (Wildman–Crippen LogP) is 2.23. The molecule has 1 rings (SSSR count). The summed E-state index contributed by atoms with van der Waals surface area (Å²) in [6, 6.07) is 3.29. The number of hydrogen-bond acceptors (Lipinski definition) is 2. The smallest absolute Gasteiger partial charge is 0.257 e. The van der Waals surface area contributed by atoms with Gasteiger partial charge in [0, 0.05) is 25.0 Å². The lowest BCUT2D eigenvalue weighted by Gasteiger charge is -2.18. The normalized spacial score (nSPS) is 12.2. The molecule has 0 saturated heterocycles. The number of phenolic OH excluding ortho intramolecular Hbond substituents is 1. The van der Waals surface area contributed by atoms with Crippen LogP contribution in [0, 0.1) is 5.82 Å². The molecule has 0 saturated carbocycles. The van der Waals surface area contributed by atoms with Crippen LogP contribution in [0.15, 0.2) is 18.2 Å². The zero-order valence-electron chi connectivity index (χ0n) is 9.08. The fourth-order valence-corrected chi connectivity index (χ4v) is 1.56. The molecule has 1 atom stereocenters. The molecule has 1 amide bonds. The summed E-state index contributed by atoms with van der Waals surface area (Å²) >= 11 is 5.75. The summed E-state index contributed by atoms with van der Waals surface area (Å²) in [6.45, 7) is 2.12. The third-order valence-electron chi connectivity index (χ3n) is 2.06. The molecule has 0 spiro atoms. The molecule has 0 bridgehead atoms. The minimum atomic E-state index is -0.581. The van der Waals surface area contributed by atoms with Crippen molar-refractivity contribution in [1.82, 2.24) is 4.90 Å². The van der Waals surface area contributed by atoms with E-state index in [1.807, 2.05) is 0 Å². The Kier molecular flexibility index (Phi) is 4.12. The minimum absolute atomic E-state index is 0.0706. The van der Waals surface area contributed by atoms with E-state index in [4.69, 9.17) is 11.6 Å². The quantitative estimate of drug-likeness (QED) is 0.830. The fourth-order valence-electron chi connectivity index (χ4n) is 1.35. The van der Waals surface area contributed by atoms with Crippen molar-refractivity contribution in [2.75, 3.05) is 13.6 Å². The van der Waals surface area contributed by atoms with Crippen molar-refractivity contribution >= 4 is 17.5 Å². The van der Waals surface area contributed by atoms with Gasteiger partial charge in [0.05, 0.1) is 5.56 Å². The molecular formula is C11H13ClFNO2. The van der Waals surface area contributed by atoms with Crippen molar-refractivity contribution < 1.29 is 14.3 Å². The highest BCUT2D eigenvalue weighted by Crippen LogP contribution is 2.19. The second-order valence-electron chi connectivity index (χ2n) is 3.63. The number of phenols is 1. The Morgan fingerprint density at radius 2 is 2.25 bits per heavy atom. The van der Waals surface area contributed by atoms with Crippen LogP contribution in [0.2, 0.25) is 0 Å². The molecule has 16 heavy (non-hydrogen) atoms. The van der Waals surface area contributed by atoms with Gasteiger partial charge in [-0.25, -0.2) is 4.39 Å². The van der Waals surface area contributed by atoms with Crippen molar-refractivity contribution in [3.63, 3.8) is 0 Å². The van der Waals surface area contributed by atoms with Gasteiger partial charge < -0.3 is 10.0 Å². The van der Waals surface area contributed by atoms with Gasteiger partial charge in [0.15, 0.2) is 0 Å². The number of alkyl halides is 1. The number of rotatable bonds is 3. The highest BCUT2D eigenvalue weighted by Gasteiger charge is 2.17. The molecule has 0 aromatic heterocycles. The highest BCUT2D eigenvalue weighted by molar-refractivity contribution is 6.20. The van der Waals surface area contributed by atoms with E-state index in [1.165, 1.54) is 11.0 Å². The van der Waals surface area contributed by atoms with Crippen LogP contribution in [0.3, 0.4) is 0 Å².